The molecule has 0 atom stereocenters. The number of para-hydroxylation sites is 1. The molecule has 0 bridgehead atoms. The van der Waals surface area contributed by atoms with Gasteiger partial charge in [0.05, 0.1) is 11.0 Å². The van der Waals surface area contributed by atoms with E-state index in [1.165, 1.54) is 24.0 Å². The van der Waals surface area contributed by atoms with Crippen molar-refractivity contribution in [3.63, 3.8) is 0 Å². The Morgan fingerprint density at radius 3 is 2.71 bits per heavy atom. The predicted octanol–water partition coefficient (Wildman–Crippen LogP) is 4.53. The lowest BCUT2D eigenvalue weighted by Gasteiger charge is -2.00. The summed E-state index contributed by atoms with van der Waals surface area (Å²) in [4.78, 5) is 12.7. The van der Waals surface area contributed by atoms with E-state index in [2.05, 4.69) is 54.1 Å². The second-order valence-corrected chi connectivity index (χ2v) is 5.41. The summed E-state index contributed by atoms with van der Waals surface area (Å²) in [7, 11) is 0. The summed E-state index contributed by atoms with van der Waals surface area (Å²) in [6.45, 7) is 4.37. The first-order valence-corrected chi connectivity index (χ1v) is 7.74. The molecule has 2 heterocycles. The number of imidazole rings is 1. The number of nitrogens with zero attached hydrogens (tertiary/aromatic N) is 2. The van der Waals surface area contributed by atoms with E-state index in [0.29, 0.717) is 0 Å². The summed E-state index contributed by atoms with van der Waals surface area (Å²) in [6.07, 6.45) is 6.49. The molecule has 0 saturated heterocycles. The van der Waals surface area contributed by atoms with Crippen molar-refractivity contribution in [2.45, 2.75) is 39.5 Å². The summed E-state index contributed by atoms with van der Waals surface area (Å²) in [5.74, 6) is 0.855. The summed E-state index contributed by atoms with van der Waals surface area (Å²) in [5.41, 5.74) is 5.63. The predicted molar refractivity (Wildman–Crippen MR) is 87.3 cm³/mol. The number of aromatic amines is 1. The average molecular weight is 279 g/mol. The number of aromatic nitrogens is 3. The van der Waals surface area contributed by atoms with Crippen molar-refractivity contribution >= 4 is 11.0 Å². The molecule has 3 rings (SSSR count). The number of benzene rings is 1. The third kappa shape index (κ3) is 2.82. The van der Waals surface area contributed by atoms with Crippen LogP contribution in [0.5, 0.6) is 0 Å². The van der Waals surface area contributed by atoms with Gasteiger partial charge in [0.25, 0.3) is 0 Å². The molecule has 0 saturated carbocycles. The Balaban J connectivity index is 1.93. The van der Waals surface area contributed by atoms with Crippen molar-refractivity contribution in [3.05, 3.63) is 47.7 Å². The third-order valence-corrected chi connectivity index (χ3v) is 3.86. The van der Waals surface area contributed by atoms with Crippen molar-refractivity contribution in [2.75, 3.05) is 0 Å². The van der Waals surface area contributed by atoms with Crippen LogP contribution in [0.4, 0.5) is 0 Å². The number of unbranched alkanes of at least 4 members (excludes halogenated alkanes) is 1. The summed E-state index contributed by atoms with van der Waals surface area (Å²) < 4.78 is 0. The van der Waals surface area contributed by atoms with Crippen molar-refractivity contribution in [1.82, 2.24) is 15.0 Å². The molecule has 0 fully saturated rings. The molecule has 3 nitrogen and oxygen atoms in total. The molecule has 1 aromatic carbocycles. The Morgan fingerprint density at radius 1 is 1.10 bits per heavy atom. The quantitative estimate of drug-likeness (QED) is 0.745. The molecule has 0 radical (unpaired) electrons. The van der Waals surface area contributed by atoms with E-state index in [1.807, 2.05) is 6.20 Å². The fraction of sp³-hybridized carbons (Fsp3) is 0.333. The molecule has 1 N–H and O–H groups in total. The Hall–Kier alpha value is -2.16. The largest absolute Gasteiger partial charge is 0.337 e. The molecule has 0 unspecified atom stereocenters. The van der Waals surface area contributed by atoms with E-state index >= 15 is 0 Å². The molecular weight excluding hydrogens is 258 g/mol. The highest BCUT2D eigenvalue weighted by Gasteiger charge is 2.08. The molecule has 2 aromatic heterocycles. The molecule has 108 valence electrons. The van der Waals surface area contributed by atoms with Gasteiger partial charge in [-0.25, -0.2) is 4.98 Å². The zero-order valence-corrected chi connectivity index (χ0v) is 12.7. The molecule has 3 heteroatoms. The van der Waals surface area contributed by atoms with Crippen LogP contribution in [0.3, 0.4) is 0 Å². The van der Waals surface area contributed by atoms with Crippen LogP contribution in [0.25, 0.3) is 22.6 Å². The molecule has 0 aliphatic rings. The maximum Gasteiger partial charge on any atom is 0.157 e. The first kappa shape index (κ1) is 13.8. The van der Waals surface area contributed by atoms with Gasteiger partial charge in [-0.2, -0.15) is 0 Å². The average Bonchev–Trinajstić information content (AvgIpc) is 2.97. The minimum Gasteiger partial charge on any atom is -0.337 e. The minimum absolute atomic E-state index is 0.855. The second-order valence-electron chi connectivity index (χ2n) is 5.41. The van der Waals surface area contributed by atoms with Gasteiger partial charge in [0, 0.05) is 6.20 Å². The van der Waals surface area contributed by atoms with E-state index in [9.17, 15) is 0 Å². The van der Waals surface area contributed by atoms with Crippen molar-refractivity contribution < 1.29 is 0 Å². The minimum atomic E-state index is 0.855. The third-order valence-electron chi connectivity index (χ3n) is 3.86. The number of aryl methyl sites for hydroxylation is 2. The maximum atomic E-state index is 4.73. The SMILES string of the molecule is CCCCc1ccc(-c2nc3c(CC)cccc3[nH]2)nc1. The highest BCUT2D eigenvalue weighted by molar-refractivity contribution is 5.81. The van der Waals surface area contributed by atoms with Crippen LogP contribution in [0, 0.1) is 0 Å². The topological polar surface area (TPSA) is 41.6 Å². The lowest BCUT2D eigenvalue weighted by molar-refractivity contribution is 0.792. The van der Waals surface area contributed by atoms with Gasteiger partial charge in [-0.05, 0) is 42.5 Å². The summed E-state index contributed by atoms with van der Waals surface area (Å²) >= 11 is 0. The summed E-state index contributed by atoms with van der Waals surface area (Å²) in [5, 5.41) is 0. The van der Waals surface area contributed by atoms with Crippen LogP contribution >= 0.6 is 0 Å². The van der Waals surface area contributed by atoms with Gasteiger partial charge in [0.2, 0.25) is 0 Å². The Bertz CT molecular complexity index is 726. The fourth-order valence-corrected chi connectivity index (χ4v) is 2.59. The lowest BCUT2D eigenvalue weighted by Crippen LogP contribution is -1.90. The number of fused-ring (bicyclic) bond motifs is 1. The van der Waals surface area contributed by atoms with E-state index in [4.69, 9.17) is 4.98 Å². The van der Waals surface area contributed by atoms with Crippen LogP contribution in [-0.4, -0.2) is 15.0 Å². The normalized spacial score (nSPS) is 11.1. The summed E-state index contributed by atoms with van der Waals surface area (Å²) in [6, 6.07) is 10.5. The number of pyridine rings is 1. The standard InChI is InChI=1S/C18H21N3/c1-3-5-7-13-10-11-16(19-12-13)18-20-15-9-6-8-14(4-2)17(15)21-18/h6,8-12H,3-5,7H2,1-2H3,(H,20,21). The molecule has 21 heavy (non-hydrogen) atoms. The highest BCUT2D eigenvalue weighted by Crippen LogP contribution is 2.22. The number of hydrogen-bond acceptors (Lipinski definition) is 2. The van der Waals surface area contributed by atoms with Crippen LogP contribution in [0.15, 0.2) is 36.5 Å². The van der Waals surface area contributed by atoms with Crippen LogP contribution in [-0.2, 0) is 12.8 Å². The Morgan fingerprint density at radius 2 is 2.00 bits per heavy atom. The maximum absolute atomic E-state index is 4.73. The zero-order valence-electron chi connectivity index (χ0n) is 12.7. The monoisotopic (exact) mass is 279 g/mol. The number of H-pyrrole nitrogens is 1. The number of rotatable bonds is 5. The van der Waals surface area contributed by atoms with Gasteiger partial charge in [-0.15, -0.1) is 0 Å². The molecule has 0 amide bonds. The van der Waals surface area contributed by atoms with E-state index in [0.717, 1.165) is 35.4 Å². The van der Waals surface area contributed by atoms with Gasteiger partial charge >= 0.3 is 0 Å². The van der Waals surface area contributed by atoms with Gasteiger partial charge in [-0.3, -0.25) is 4.98 Å². The molecular formula is C18H21N3. The Kier molecular flexibility index (Phi) is 4.00. The fourth-order valence-electron chi connectivity index (χ4n) is 2.59. The van der Waals surface area contributed by atoms with E-state index < -0.39 is 0 Å². The van der Waals surface area contributed by atoms with Crippen LogP contribution < -0.4 is 0 Å². The first-order chi connectivity index (χ1) is 10.3. The number of hydrogen-bond donors (Lipinski definition) is 1. The van der Waals surface area contributed by atoms with Crippen molar-refractivity contribution in [2.24, 2.45) is 0 Å². The molecule has 3 aromatic rings. The smallest absolute Gasteiger partial charge is 0.157 e. The lowest BCUT2D eigenvalue weighted by atomic mass is 10.1. The van der Waals surface area contributed by atoms with E-state index in [-0.39, 0.29) is 0 Å². The van der Waals surface area contributed by atoms with Crippen molar-refractivity contribution in [3.8, 4) is 11.5 Å². The first-order valence-electron chi connectivity index (χ1n) is 7.74. The van der Waals surface area contributed by atoms with Gasteiger partial charge < -0.3 is 4.98 Å². The number of nitrogens with one attached hydrogen (secondary N) is 1. The van der Waals surface area contributed by atoms with Gasteiger partial charge in [0.1, 0.15) is 5.69 Å². The second kappa shape index (κ2) is 6.08. The van der Waals surface area contributed by atoms with Crippen LogP contribution in [0.2, 0.25) is 0 Å². The van der Waals surface area contributed by atoms with Crippen LogP contribution in [0.1, 0.15) is 37.8 Å². The highest BCUT2D eigenvalue weighted by atomic mass is 14.9. The molecule has 0 spiro atoms. The van der Waals surface area contributed by atoms with E-state index in [1.54, 1.807) is 0 Å². The zero-order chi connectivity index (χ0) is 14.7. The van der Waals surface area contributed by atoms with Gasteiger partial charge in [0.15, 0.2) is 5.82 Å². The van der Waals surface area contributed by atoms with Crippen molar-refractivity contribution in [1.29, 1.82) is 0 Å². The molecule has 0 aliphatic heterocycles. The Labute approximate surface area is 125 Å². The molecule has 0 aliphatic carbocycles. The van der Waals surface area contributed by atoms with Gasteiger partial charge in [-0.1, -0.05) is 38.5 Å².